The van der Waals surface area contributed by atoms with Crippen molar-refractivity contribution in [3.05, 3.63) is 16.5 Å². The van der Waals surface area contributed by atoms with Gasteiger partial charge in [0.25, 0.3) is 0 Å². The van der Waals surface area contributed by atoms with E-state index < -0.39 is 0 Å². The zero-order valence-electron chi connectivity index (χ0n) is 16.6. The van der Waals surface area contributed by atoms with E-state index in [1.165, 1.54) is 34.4 Å². The maximum atomic E-state index is 12.5. The number of esters is 1. The second kappa shape index (κ2) is 10.1. The van der Waals surface area contributed by atoms with E-state index >= 15 is 0 Å². The molecule has 1 saturated heterocycles. The molecular weight excluding hydrogens is 444 g/mol. The first kappa shape index (κ1) is 21.5. The van der Waals surface area contributed by atoms with Crippen LogP contribution in [0.15, 0.2) is 9.72 Å². The molecule has 0 radical (unpaired) electrons. The second-order valence-electron chi connectivity index (χ2n) is 7.12. The molecule has 2 aromatic heterocycles. The zero-order valence-corrected chi connectivity index (χ0v) is 19.1. The highest BCUT2D eigenvalue weighted by Gasteiger charge is 2.32. The van der Waals surface area contributed by atoms with E-state index in [0.29, 0.717) is 23.1 Å². The number of aromatic nitrogens is 2. The molecule has 1 saturated carbocycles. The topological polar surface area (TPSA) is 102 Å². The molecule has 2 aliphatic rings. The quantitative estimate of drug-likeness (QED) is 0.399. The normalized spacial score (nSPS) is 18.4. The summed E-state index contributed by atoms with van der Waals surface area (Å²) >= 11 is 4.13. The lowest BCUT2D eigenvalue weighted by Gasteiger charge is -2.08. The molecule has 2 N–H and O–H groups in total. The van der Waals surface area contributed by atoms with Crippen LogP contribution >= 0.6 is 34.4 Å². The largest absolute Gasteiger partial charge is 0.462 e. The molecule has 0 bridgehead atoms. The van der Waals surface area contributed by atoms with Crippen molar-refractivity contribution in [2.45, 2.75) is 49.0 Å². The molecule has 4 rings (SSSR count). The summed E-state index contributed by atoms with van der Waals surface area (Å²) in [5.74, 6) is 0.0513. The van der Waals surface area contributed by atoms with E-state index in [1.807, 2.05) is 5.38 Å². The summed E-state index contributed by atoms with van der Waals surface area (Å²) in [6, 6.07) is 0. The smallest absolute Gasteiger partial charge is 0.341 e. The van der Waals surface area contributed by atoms with Crippen molar-refractivity contribution in [3.63, 3.8) is 0 Å². The Labute approximate surface area is 187 Å². The van der Waals surface area contributed by atoms with Gasteiger partial charge in [-0.15, -0.1) is 21.5 Å². The van der Waals surface area contributed by atoms with Crippen LogP contribution in [0.25, 0.3) is 0 Å². The van der Waals surface area contributed by atoms with Crippen LogP contribution in [0, 0.1) is 0 Å². The molecular formula is C19H24N4O4S3. The summed E-state index contributed by atoms with van der Waals surface area (Å²) in [6.07, 6.45) is 4.55. The van der Waals surface area contributed by atoms with Gasteiger partial charge in [-0.25, -0.2) is 4.79 Å². The van der Waals surface area contributed by atoms with Crippen LogP contribution in [-0.4, -0.2) is 53.7 Å². The molecule has 1 atom stereocenters. The highest BCUT2D eigenvalue weighted by Crippen LogP contribution is 2.46. The maximum absolute atomic E-state index is 12.5. The van der Waals surface area contributed by atoms with Crippen molar-refractivity contribution in [3.8, 4) is 0 Å². The Kier molecular flexibility index (Phi) is 7.24. The number of ether oxygens (including phenoxy) is 2. The fourth-order valence-electron chi connectivity index (χ4n) is 3.21. The highest BCUT2D eigenvalue weighted by molar-refractivity contribution is 8.01. The fourth-order valence-corrected chi connectivity index (χ4v) is 5.81. The van der Waals surface area contributed by atoms with Crippen LogP contribution in [0.4, 0.5) is 10.1 Å². The van der Waals surface area contributed by atoms with Gasteiger partial charge in [-0.3, -0.25) is 4.79 Å². The van der Waals surface area contributed by atoms with Gasteiger partial charge >= 0.3 is 5.97 Å². The van der Waals surface area contributed by atoms with E-state index in [-0.39, 0.29) is 23.7 Å². The highest BCUT2D eigenvalue weighted by atomic mass is 32.2. The fraction of sp³-hybridized carbons (Fsp3) is 0.579. The first-order valence-corrected chi connectivity index (χ1v) is 12.7. The van der Waals surface area contributed by atoms with Crippen molar-refractivity contribution in [1.29, 1.82) is 0 Å². The van der Waals surface area contributed by atoms with Crippen molar-refractivity contribution < 1.29 is 19.1 Å². The van der Waals surface area contributed by atoms with E-state index in [1.54, 1.807) is 6.92 Å². The maximum Gasteiger partial charge on any atom is 0.341 e. The van der Waals surface area contributed by atoms with Gasteiger partial charge in [0, 0.05) is 13.2 Å². The monoisotopic (exact) mass is 468 g/mol. The second-order valence-corrected chi connectivity index (χ2v) is 10.2. The number of carbonyl (C=O) groups is 2. The number of hydrogen-bond acceptors (Lipinski definition) is 10. The van der Waals surface area contributed by atoms with Crippen LogP contribution in [0.3, 0.4) is 0 Å². The number of nitrogens with zero attached hydrogens (tertiary/aromatic N) is 2. The molecule has 2 fully saturated rings. The minimum absolute atomic E-state index is 0.182. The Bertz CT molecular complexity index is 890. The van der Waals surface area contributed by atoms with E-state index in [4.69, 9.17) is 9.47 Å². The van der Waals surface area contributed by atoms with Gasteiger partial charge in [0.1, 0.15) is 5.00 Å². The van der Waals surface area contributed by atoms with Gasteiger partial charge in [0.05, 0.1) is 24.0 Å². The Morgan fingerprint density at radius 2 is 2.20 bits per heavy atom. The average molecular weight is 469 g/mol. The molecule has 2 aromatic rings. The van der Waals surface area contributed by atoms with Crippen LogP contribution < -0.4 is 10.6 Å². The molecule has 1 aliphatic carbocycles. The minimum Gasteiger partial charge on any atom is -0.462 e. The Hall–Kier alpha value is -1.69. The zero-order chi connectivity index (χ0) is 20.9. The van der Waals surface area contributed by atoms with Gasteiger partial charge in [0.2, 0.25) is 11.0 Å². The van der Waals surface area contributed by atoms with Gasteiger partial charge in [-0.2, -0.15) is 0 Å². The standard InChI is InChI=1S/C19H24N4O4S3/c1-2-26-17(25)15-13(11-5-6-11)9-28-16(15)21-14(24)10-29-19-23-22-18(30-19)20-8-12-4-3-7-27-12/h9,11-12H,2-8,10H2,1H3,(H,20,22)(H,21,24). The Balaban J connectivity index is 1.29. The van der Waals surface area contributed by atoms with Crippen LogP contribution in [0.2, 0.25) is 0 Å². The van der Waals surface area contributed by atoms with Crippen LogP contribution in [0.1, 0.15) is 54.4 Å². The molecule has 0 aromatic carbocycles. The average Bonchev–Trinajstić information content (AvgIpc) is 3.11. The molecule has 30 heavy (non-hydrogen) atoms. The number of nitrogens with one attached hydrogen (secondary N) is 2. The number of hydrogen-bond donors (Lipinski definition) is 2. The summed E-state index contributed by atoms with van der Waals surface area (Å²) in [7, 11) is 0. The number of amides is 1. The van der Waals surface area contributed by atoms with Crippen LogP contribution in [-0.2, 0) is 14.3 Å². The predicted molar refractivity (Wildman–Crippen MR) is 119 cm³/mol. The molecule has 11 heteroatoms. The molecule has 1 amide bonds. The molecule has 8 nitrogen and oxygen atoms in total. The number of thioether (sulfide) groups is 1. The number of rotatable bonds is 10. The predicted octanol–water partition coefficient (Wildman–Crippen LogP) is 3.98. The summed E-state index contributed by atoms with van der Waals surface area (Å²) in [5, 5.41) is 17.6. The minimum atomic E-state index is -0.366. The molecule has 3 heterocycles. The molecule has 0 spiro atoms. The third-order valence-corrected chi connectivity index (χ3v) is 7.74. The van der Waals surface area contributed by atoms with Crippen LogP contribution in [0.5, 0.6) is 0 Å². The first-order chi connectivity index (χ1) is 14.6. The lowest BCUT2D eigenvalue weighted by molar-refractivity contribution is -0.113. The van der Waals surface area contributed by atoms with E-state index in [0.717, 1.165) is 53.9 Å². The molecule has 162 valence electrons. The lowest BCUT2D eigenvalue weighted by atomic mass is 10.1. The van der Waals surface area contributed by atoms with Gasteiger partial charge in [-0.05, 0) is 49.5 Å². The lowest BCUT2D eigenvalue weighted by Crippen LogP contribution is -2.18. The summed E-state index contributed by atoms with van der Waals surface area (Å²) in [4.78, 5) is 24.9. The first-order valence-electron chi connectivity index (χ1n) is 10.0. The van der Waals surface area contributed by atoms with E-state index in [9.17, 15) is 9.59 Å². The molecule has 1 unspecified atom stereocenters. The third kappa shape index (κ3) is 5.51. The summed E-state index contributed by atoms with van der Waals surface area (Å²) < 4.78 is 11.5. The van der Waals surface area contributed by atoms with Crippen molar-refractivity contribution in [1.82, 2.24) is 10.2 Å². The van der Waals surface area contributed by atoms with Gasteiger partial charge in [-0.1, -0.05) is 23.1 Å². The summed E-state index contributed by atoms with van der Waals surface area (Å²) in [6.45, 7) is 3.63. The van der Waals surface area contributed by atoms with E-state index in [2.05, 4.69) is 20.8 Å². The Morgan fingerprint density at radius 1 is 1.33 bits per heavy atom. The Morgan fingerprint density at radius 3 is 2.93 bits per heavy atom. The van der Waals surface area contributed by atoms with Crippen molar-refractivity contribution in [2.75, 3.05) is 36.1 Å². The van der Waals surface area contributed by atoms with Gasteiger partial charge in [0.15, 0.2) is 4.34 Å². The number of carbonyl (C=O) groups excluding carboxylic acids is 2. The van der Waals surface area contributed by atoms with Gasteiger partial charge < -0.3 is 20.1 Å². The SMILES string of the molecule is CCOC(=O)c1c(C2CC2)csc1NC(=O)CSc1nnc(NCC2CCCO2)s1. The number of thiophene rings is 1. The van der Waals surface area contributed by atoms with Crippen molar-refractivity contribution >= 4 is 56.4 Å². The summed E-state index contributed by atoms with van der Waals surface area (Å²) in [5.41, 5.74) is 1.51. The molecule has 1 aliphatic heterocycles. The number of anilines is 2. The third-order valence-electron chi connectivity index (χ3n) is 4.81. The van der Waals surface area contributed by atoms with Crippen molar-refractivity contribution in [2.24, 2.45) is 0 Å².